The minimum Gasteiger partial charge on any atom is -0.480 e. The Hall–Kier alpha value is -1.93. The Bertz CT molecular complexity index is 380. The van der Waals surface area contributed by atoms with Crippen LogP contribution in [0.4, 0.5) is 0 Å². The van der Waals surface area contributed by atoms with Crippen molar-refractivity contribution in [1.82, 2.24) is 9.55 Å². The molecule has 1 rings (SSSR count). The standard InChI is InChI=1S/C9H14N4O4/c10-6(8(14)15)1-5-2-13(4-12-5)3-7(11)9(16)17/h2,4,6-7H,1,3,10-11H2,(H,14,15)(H,16,17)/t6-,7?/m0/s1. The number of carboxylic acids is 2. The molecule has 2 atom stereocenters. The number of imidazole rings is 1. The van der Waals surface area contributed by atoms with Gasteiger partial charge in [-0.05, 0) is 0 Å². The molecule has 0 aliphatic rings. The zero-order valence-electron chi connectivity index (χ0n) is 8.98. The van der Waals surface area contributed by atoms with Gasteiger partial charge in [-0.3, -0.25) is 9.59 Å². The smallest absolute Gasteiger partial charge is 0.322 e. The summed E-state index contributed by atoms with van der Waals surface area (Å²) >= 11 is 0. The third kappa shape index (κ3) is 3.85. The van der Waals surface area contributed by atoms with Gasteiger partial charge in [0, 0.05) is 19.2 Å². The maximum atomic E-state index is 10.5. The molecule has 0 aromatic carbocycles. The minimum absolute atomic E-state index is 0.0741. The predicted octanol–water partition coefficient (Wildman–Crippen LogP) is -1.75. The van der Waals surface area contributed by atoms with Crippen molar-refractivity contribution in [3.8, 4) is 0 Å². The summed E-state index contributed by atoms with van der Waals surface area (Å²) in [7, 11) is 0. The maximum absolute atomic E-state index is 10.5. The van der Waals surface area contributed by atoms with E-state index in [0.29, 0.717) is 5.69 Å². The molecule has 6 N–H and O–H groups in total. The number of carbonyl (C=O) groups is 2. The molecule has 17 heavy (non-hydrogen) atoms. The van der Waals surface area contributed by atoms with Crippen molar-refractivity contribution >= 4 is 11.9 Å². The Kier molecular flexibility index (Phi) is 4.18. The molecule has 8 nitrogen and oxygen atoms in total. The van der Waals surface area contributed by atoms with Gasteiger partial charge in [-0.2, -0.15) is 0 Å². The summed E-state index contributed by atoms with van der Waals surface area (Å²) in [5.74, 6) is -2.22. The van der Waals surface area contributed by atoms with Crippen molar-refractivity contribution in [2.45, 2.75) is 25.0 Å². The molecule has 0 aliphatic heterocycles. The largest absolute Gasteiger partial charge is 0.480 e. The lowest BCUT2D eigenvalue weighted by Crippen LogP contribution is -2.34. The lowest BCUT2D eigenvalue weighted by atomic mass is 10.2. The molecule has 0 saturated heterocycles. The molecular formula is C9H14N4O4. The van der Waals surface area contributed by atoms with Gasteiger partial charge in [0.25, 0.3) is 0 Å². The first kappa shape index (κ1) is 13.1. The van der Waals surface area contributed by atoms with E-state index in [9.17, 15) is 9.59 Å². The first-order chi connectivity index (χ1) is 7.90. The molecule has 1 aromatic rings. The monoisotopic (exact) mass is 242 g/mol. The number of carboxylic acid groups (broad SMARTS) is 2. The fraction of sp³-hybridized carbons (Fsp3) is 0.444. The summed E-state index contributed by atoms with van der Waals surface area (Å²) in [5.41, 5.74) is 11.2. The second kappa shape index (κ2) is 5.41. The van der Waals surface area contributed by atoms with Crippen LogP contribution in [-0.2, 0) is 22.6 Å². The Morgan fingerprint density at radius 1 is 1.29 bits per heavy atom. The quantitative estimate of drug-likeness (QED) is 0.462. The number of aromatic nitrogens is 2. The third-order valence-corrected chi connectivity index (χ3v) is 2.16. The molecular weight excluding hydrogens is 228 g/mol. The van der Waals surface area contributed by atoms with Crippen LogP contribution in [0.3, 0.4) is 0 Å². The van der Waals surface area contributed by atoms with Crippen molar-refractivity contribution in [3.05, 3.63) is 18.2 Å². The zero-order chi connectivity index (χ0) is 13.0. The van der Waals surface area contributed by atoms with Crippen LogP contribution >= 0.6 is 0 Å². The highest BCUT2D eigenvalue weighted by atomic mass is 16.4. The van der Waals surface area contributed by atoms with Crippen LogP contribution in [0.2, 0.25) is 0 Å². The molecule has 1 heterocycles. The van der Waals surface area contributed by atoms with Gasteiger partial charge in [-0.1, -0.05) is 0 Å². The summed E-state index contributed by atoms with van der Waals surface area (Å²) < 4.78 is 1.49. The van der Waals surface area contributed by atoms with Crippen LogP contribution in [0.5, 0.6) is 0 Å². The molecule has 1 aromatic heterocycles. The van der Waals surface area contributed by atoms with Gasteiger partial charge in [0.1, 0.15) is 12.1 Å². The Morgan fingerprint density at radius 2 is 1.88 bits per heavy atom. The van der Waals surface area contributed by atoms with E-state index in [1.807, 2.05) is 0 Å². The van der Waals surface area contributed by atoms with E-state index < -0.39 is 24.0 Å². The van der Waals surface area contributed by atoms with E-state index in [-0.39, 0.29) is 13.0 Å². The maximum Gasteiger partial charge on any atom is 0.322 e. The van der Waals surface area contributed by atoms with Crippen molar-refractivity contribution in [3.63, 3.8) is 0 Å². The van der Waals surface area contributed by atoms with Crippen LogP contribution in [0, 0.1) is 0 Å². The molecule has 0 bridgehead atoms. The van der Waals surface area contributed by atoms with Crippen molar-refractivity contribution in [2.75, 3.05) is 0 Å². The SMILES string of the molecule is NC(Cn1cnc(C[C@H](N)C(=O)O)c1)C(=O)O. The Morgan fingerprint density at radius 3 is 2.41 bits per heavy atom. The van der Waals surface area contributed by atoms with Crippen molar-refractivity contribution in [2.24, 2.45) is 11.5 Å². The van der Waals surface area contributed by atoms with Crippen LogP contribution in [-0.4, -0.2) is 43.8 Å². The van der Waals surface area contributed by atoms with Gasteiger partial charge in [-0.15, -0.1) is 0 Å². The van der Waals surface area contributed by atoms with E-state index in [0.717, 1.165) is 0 Å². The number of aliphatic carboxylic acids is 2. The summed E-state index contributed by atoms with van der Waals surface area (Å²) in [5, 5.41) is 17.2. The van der Waals surface area contributed by atoms with Gasteiger partial charge in [0.2, 0.25) is 0 Å². The Labute approximate surface area is 96.9 Å². The number of nitrogens with two attached hydrogens (primary N) is 2. The van der Waals surface area contributed by atoms with E-state index in [4.69, 9.17) is 21.7 Å². The van der Waals surface area contributed by atoms with E-state index >= 15 is 0 Å². The number of rotatable bonds is 6. The second-order valence-electron chi connectivity index (χ2n) is 3.66. The molecule has 1 unspecified atom stereocenters. The minimum atomic E-state index is -1.11. The topological polar surface area (TPSA) is 144 Å². The normalized spacial score (nSPS) is 14.2. The van der Waals surface area contributed by atoms with Gasteiger partial charge >= 0.3 is 11.9 Å². The van der Waals surface area contributed by atoms with Crippen LogP contribution < -0.4 is 11.5 Å². The number of nitrogens with zero attached hydrogens (tertiary/aromatic N) is 2. The van der Waals surface area contributed by atoms with Crippen molar-refractivity contribution in [1.29, 1.82) is 0 Å². The van der Waals surface area contributed by atoms with Gasteiger partial charge in [0.15, 0.2) is 0 Å². The third-order valence-electron chi connectivity index (χ3n) is 2.16. The van der Waals surface area contributed by atoms with Crippen LogP contribution in [0.15, 0.2) is 12.5 Å². The summed E-state index contributed by atoms with van der Waals surface area (Å²) in [6.45, 7) is 0.0741. The number of hydrogen-bond donors (Lipinski definition) is 4. The van der Waals surface area contributed by atoms with Crippen LogP contribution in [0.1, 0.15) is 5.69 Å². The Balaban J connectivity index is 2.59. The van der Waals surface area contributed by atoms with E-state index in [1.54, 1.807) is 0 Å². The van der Waals surface area contributed by atoms with Crippen LogP contribution in [0.25, 0.3) is 0 Å². The molecule has 0 spiro atoms. The number of hydrogen-bond acceptors (Lipinski definition) is 5. The highest BCUT2D eigenvalue weighted by Crippen LogP contribution is 2.01. The summed E-state index contributed by atoms with van der Waals surface area (Å²) in [4.78, 5) is 25.0. The van der Waals surface area contributed by atoms with Crippen molar-refractivity contribution < 1.29 is 19.8 Å². The molecule has 0 saturated carbocycles. The first-order valence-electron chi connectivity index (χ1n) is 4.87. The second-order valence-corrected chi connectivity index (χ2v) is 3.66. The molecule has 0 radical (unpaired) electrons. The van der Waals surface area contributed by atoms with E-state index in [2.05, 4.69) is 4.98 Å². The molecule has 8 heteroatoms. The highest BCUT2D eigenvalue weighted by Gasteiger charge is 2.15. The first-order valence-corrected chi connectivity index (χ1v) is 4.87. The summed E-state index contributed by atoms with van der Waals surface area (Å²) in [6.07, 6.45) is 3.02. The molecule has 0 amide bonds. The fourth-order valence-corrected chi connectivity index (χ4v) is 1.23. The van der Waals surface area contributed by atoms with Gasteiger partial charge in [-0.25, -0.2) is 4.98 Å². The van der Waals surface area contributed by atoms with Gasteiger partial charge in [0.05, 0.1) is 12.0 Å². The fourth-order valence-electron chi connectivity index (χ4n) is 1.23. The highest BCUT2D eigenvalue weighted by molar-refractivity contribution is 5.73. The lowest BCUT2D eigenvalue weighted by molar-refractivity contribution is -0.139. The average Bonchev–Trinajstić information content (AvgIpc) is 2.65. The molecule has 0 fully saturated rings. The lowest BCUT2D eigenvalue weighted by Gasteiger charge is -2.06. The van der Waals surface area contributed by atoms with Gasteiger partial charge < -0.3 is 26.2 Å². The molecule has 94 valence electrons. The van der Waals surface area contributed by atoms with E-state index in [1.165, 1.54) is 17.1 Å². The average molecular weight is 242 g/mol. The summed E-state index contributed by atoms with van der Waals surface area (Å²) in [6, 6.07) is -2.04. The zero-order valence-corrected chi connectivity index (χ0v) is 8.98. The molecule has 0 aliphatic carbocycles. The predicted molar refractivity (Wildman–Crippen MR) is 57.2 cm³/mol.